The summed E-state index contributed by atoms with van der Waals surface area (Å²) < 4.78 is 0. The molecule has 0 radical (unpaired) electrons. The molecule has 1 aromatic carbocycles. The average Bonchev–Trinajstić information content (AvgIpc) is 3.45. The van der Waals surface area contributed by atoms with Crippen LogP contribution in [0.5, 0.6) is 0 Å². The Labute approximate surface area is 190 Å². The third-order valence-electron chi connectivity index (χ3n) is 5.25. The van der Waals surface area contributed by atoms with E-state index in [1.807, 2.05) is 26.8 Å². The van der Waals surface area contributed by atoms with E-state index >= 15 is 0 Å². The summed E-state index contributed by atoms with van der Waals surface area (Å²) >= 11 is 0. The number of anilines is 1. The molecule has 1 aliphatic rings. The van der Waals surface area contributed by atoms with E-state index < -0.39 is 5.79 Å². The fourth-order valence-electron chi connectivity index (χ4n) is 3.44. The smallest absolute Gasteiger partial charge is 0.246 e. The van der Waals surface area contributed by atoms with Gasteiger partial charge in [-0.2, -0.15) is 10.2 Å². The van der Waals surface area contributed by atoms with Gasteiger partial charge < -0.3 is 10.3 Å². The molecule has 0 bridgehead atoms. The number of hydrazone groups is 1. The summed E-state index contributed by atoms with van der Waals surface area (Å²) in [4.78, 5) is 24.6. The minimum atomic E-state index is -1.43. The summed E-state index contributed by atoms with van der Waals surface area (Å²) in [5.41, 5.74) is 25.0. The number of nitrogens with zero attached hydrogens (tertiary/aromatic N) is 4. The third-order valence-corrected chi connectivity index (χ3v) is 5.25. The molecular weight excluding hydrogens is 422 g/mol. The van der Waals surface area contributed by atoms with E-state index in [1.54, 1.807) is 24.3 Å². The Balaban J connectivity index is 1.39. The fraction of sp³-hybridized carbons (Fsp3) is 0.286. The predicted molar refractivity (Wildman–Crippen MR) is 126 cm³/mol. The van der Waals surface area contributed by atoms with Crippen LogP contribution in [-0.4, -0.2) is 44.2 Å². The van der Waals surface area contributed by atoms with Crippen LogP contribution in [0, 0.1) is 19.8 Å². The zero-order valence-electron chi connectivity index (χ0n) is 18.6. The highest BCUT2D eigenvalue weighted by Gasteiger charge is 2.28. The number of imidazole rings is 1. The number of carbonyl (C=O) groups is 1. The highest BCUT2D eigenvalue weighted by atomic mass is 16.1. The maximum atomic E-state index is 12.3. The van der Waals surface area contributed by atoms with E-state index in [1.165, 1.54) is 0 Å². The van der Waals surface area contributed by atoms with Crippen LogP contribution in [0.15, 0.2) is 40.4 Å². The molecule has 172 valence electrons. The molecule has 1 amide bonds. The van der Waals surface area contributed by atoms with Gasteiger partial charge in [0.15, 0.2) is 5.82 Å². The van der Waals surface area contributed by atoms with Crippen molar-refractivity contribution in [2.45, 2.75) is 26.6 Å². The van der Waals surface area contributed by atoms with Crippen molar-refractivity contribution < 1.29 is 4.79 Å². The molecule has 3 heterocycles. The Morgan fingerprint density at radius 1 is 1.21 bits per heavy atom. The van der Waals surface area contributed by atoms with Gasteiger partial charge in [0.1, 0.15) is 29.6 Å². The van der Waals surface area contributed by atoms with Crippen LogP contribution in [0.3, 0.4) is 0 Å². The van der Waals surface area contributed by atoms with Crippen LogP contribution >= 0.6 is 0 Å². The van der Waals surface area contributed by atoms with Crippen molar-refractivity contribution in [1.29, 1.82) is 0 Å². The van der Waals surface area contributed by atoms with Gasteiger partial charge in [-0.15, -0.1) is 0 Å². The molecule has 12 heteroatoms. The molecule has 0 saturated carbocycles. The second-order valence-electron chi connectivity index (χ2n) is 8.09. The number of rotatable bonds is 6. The van der Waals surface area contributed by atoms with Gasteiger partial charge in [0.05, 0.1) is 11.6 Å². The van der Waals surface area contributed by atoms with E-state index in [4.69, 9.17) is 17.2 Å². The van der Waals surface area contributed by atoms with Gasteiger partial charge in [0, 0.05) is 22.6 Å². The van der Waals surface area contributed by atoms with E-state index in [2.05, 4.69) is 41.0 Å². The van der Waals surface area contributed by atoms with Gasteiger partial charge in [-0.1, -0.05) is 12.1 Å². The molecule has 0 saturated heterocycles. The number of nitrogens with two attached hydrogens (primary N) is 3. The van der Waals surface area contributed by atoms with Crippen LogP contribution in [0.2, 0.25) is 0 Å². The minimum Gasteiger partial charge on any atom is -0.340 e. The Morgan fingerprint density at radius 3 is 2.58 bits per heavy atom. The van der Waals surface area contributed by atoms with E-state index in [9.17, 15) is 4.79 Å². The van der Waals surface area contributed by atoms with Crippen molar-refractivity contribution >= 4 is 23.1 Å². The topological polar surface area (TPSA) is 201 Å². The maximum Gasteiger partial charge on any atom is 0.246 e. The number of H-pyrrole nitrogens is 2. The summed E-state index contributed by atoms with van der Waals surface area (Å²) in [5.74, 6) is -0.604. The number of hydrogen-bond acceptors (Lipinski definition) is 8. The minimum absolute atomic E-state index is 0.0663. The van der Waals surface area contributed by atoms with Crippen molar-refractivity contribution in [3.63, 3.8) is 0 Å². The van der Waals surface area contributed by atoms with Gasteiger partial charge in [0.25, 0.3) is 0 Å². The molecule has 0 spiro atoms. The number of aryl methyl sites for hydroxylation is 2. The first-order chi connectivity index (χ1) is 15.6. The SMILES string of the molecule is Cc1cc(-c2nc(C3=NNC(=NCC(=O)Nc4ccc(C(N)(N)N)cc4)C3C)c(C)[nH]2)n[nH]1. The number of hydrogen-bond donors (Lipinski definition) is 7. The zero-order valence-corrected chi connectivity index (χ0v) is 18.6. The lowest BCUT2D eigenvalue weighted by atomic mass is 10.0. The monoisotopic (exact) mass is 449 g/mol. The van der Waals surface area contributed by atoms with Gasteiger partial charge in [0.2, 0.25) is 5.91 Å². The second kappa shape index (κ2) is 8.58. The van der Waals surface area contributed by atoms with Gasteiger partial charge in [-0.05, 0) is 39.0 Å². The van der Waals surface area contributed by atoms with Crippen molar-refractivity contribution in [3.8, 4) is 11.5 Å². The van der Waals surface area contributed by atoms with Crippen LogP contribution in [0.4, 0.5) is 5.69 Å². The lowest BCUT2D eigenvalue weighted by molar-refractivity contribution is -0.114. The lowest BCUT2D eigenvalue weighted by Crippen LogP contribution is -2.54. The van der Waals surface area contributed by atoms with Crippen LogP contribution in [0.1, 0.15) is 29.6 Å². The van der Waals surface area contributed by atoms with Crippen molar-refractivity contribution in [3.05, 3.63) is 53.0 Å². The maximum absolute atomic E-state index is 12.3. The van der Waals surface area contributed by atoms with Crippen LogP contribution in [-0.2, 0) is 10.6 Å². The number of amidine groups is 1. The Hall–Kier alpha value is -3.87. The van der Waals surface area contributed by atoms with Crippen LogP contribution < -0.4 is 27.9 Å². The average molecular weight is 450 g/mol. The van der Waals surface area contributed by atoms with Crippen molar-refractivity contribution in [1.82, 2.24) is 25.6 Å². The fourth-order valence-corrected chi connectivity index (χ4v) is 3.44. The van der Waals surface area contributed by atoms with Gasteiger partial charge in [-0.25, -0.2) is 4.98 Å². The number of nitrogens with one attached hydrogen (secondary N) is 4. The molecule has 3 aromatic rings. The quantitative estimate of drug-likeness (QED) is 0.263. The molecule has 2 aromatic heterocycles. The summed E-state index contributed by atoms with van der Waals surface area (Å²) in [7, 11) is 0. The Kier molecular flexibility index (Phi) is 5.80. The highest BCUT2D eigenvalue weighted by Crippen LogP contribution is 2.21. The molecule has 4 rings (SSSR count). The van der Waals surface area contributed by atoms with E-state index in [0.717, 1.165) is 28.5 Å². The number of carbonyl (C=O) groups excluding carboxylic acids is 1. The van der Waals surface area contributed by atoms with Crippen molar-refractivity contribution in [2.24, 2.45) is 33.2 Å². The zero-order chi connectivity index (χ0) is 23.8. The predicted octanol–water partition coefficient (Wildman–Crippen LogP) is 0.384. The molecule has 1 atom stereocenters. The van der Waals surface area contributed by atoms with Crippen molar-refractivity contribution in [2.75, 3.05) is 11.9 Å². The summed E-state index contributed by atoms with van der Waals surface area (Å²) in [6, 6.07) is 8.59. The number of aromatic amines is 2. The van der Waals surface area contributed by atoms with Gasteiger partial charge >= 0.3 is 0 Å². The summed E-state index contributed by atoms with van der Waals surface area (Å²) in [6.45, 7) is 5.75. The molecule has 1 unspecified atom stereocenters. The number of benzene rings is 1. The molecule has 0 fully saturated rings. The Bertz CT molecular complexity index is 1230. The number of aliphatic imine (C=N–C) groups is 1. The molecule has 0 aliphatic carbocycles. The van der Waals surface area contributed by atoms with Crippen LogP contribution in [0.25, 0.3) is 11.5 Å². The highest BCUT2D eigenvalue weighted by molar-refractivity contribution is 6.17. The molecule has 10 N–H and O–H groups in total. The molecule has 1 aliphatic heterocycles. The number of amides is 1. The van der Waals surface area contributed by atoms with E-state index in [-0.39, 0.29) is 18.4 Å². The first kappa shape index (κ1) is 22.3. The molecule has 33 heavy (non-hydrogen) atoms. The number of aromatic nitrogens is 4. The normalized spacial score (nSPS) is 17.2. The standard InChI is InChI=1S/C21H27N11O/c1-10-8-15(30-29-10)20-26-12(3)18(28-20)17-11(2)19(32-31-17)25-9-16(33)27-14-6-4-13(5-7-14)21(22,23)24/h4-8,11H,9,22-24H2,1-3H3,(H,25,32)(H,26,28)(H,27,33)(H,29,30). The first-order valence-electron chi connectivity index (χ1n) is 10.4. The largest absolute Gasteiger partial charge is 0.340 e. The summed E-state index contributed by atoms with van der Waals surface area (Å²) in [5, 5.41) is 14.3. The first-order valence-corrected chi connectivity index (χ1v) is 10.4. The van der Waals surface area contributed by atoms with Gasteiger partial charge in [-0.3, -0.25) is 37.5 Å². The summed E-state index contributed by atoms with van der Waals surface area (Å²) in [6.07, 6.45) is 0. The third kappa shape index (κ3) is 4.82. The molecular formula is C21H27N11O. The second-order valence-corrected chi connectivity index (χ2v) is 8.09. The van der Waals surface area contributed by atoms with E-state index in [0.29, 0.717) is 22.9 Å². The lowest BCUT2D eigenvalue weighted by Gasteiger charge is -2.19. The Morgan fingerprint density at radius 2 is 1.94 bits per heavy atom. The molecule has 12 nitrogen and oxygen atoms in total.